The Labute approximate surface area is 178 Å². The maximum Gasteiger partial charge on any atom is 0.433 e. The van der Waals surface area contributed by atoms with Crippen LogP contribution in [0.25, 0.3) is 22.4 Å². The van der Waals surface area contributed by atoms with Crippen LogP contribution >= 0.6 is 0 Å². The van der Waals surface area contributed by atoms with E-state index in [0.29, 0.717) is 28.2 Å². The third kappa shape index (κ3) is 3.13. The lowest BCUT2D eigenvalue weighted by molar-refractivity contribution is -0.143. The molecule has 0 radical (unpaired) electrons. The number of hydrogen-bond acceptors (Lipinski definition) is 7. The molecule has 1 unspecified atom stereocenters. The minimum Gasteiger partial charge on any atom is -0.366 e. The number of anilines is 1. The van der Waals surface area contributed by atoms with Crippen molar-refractivity contribution in [3.63, 3.8) is 0 Å². The maximum atomic E-state index is 13.2. The number of nitrogens with two attached hydrogens (primary N) is 1. The summed E-state index contributed by atoms with van der Waals surface area (Å²) in [4.78, 5) is 29.1. The molecule has 164 valence electrons. The summed E-state index contributed by atoms with van der Waals surface area (Å²) in [6, 6.07) is 1.13. The molecular weight excluding hydrogens is 427 g/mol. The highest BCUT2D eigenvalue weighted by atomic mass is 19.4. The number of carbonyl (C=O) groups is 1. The van der Waals surface area contributed by atoms with Gasteiger partial charge in [-0.25, -0.2) is 15.0 Å². The van der Waals surface area contributed by atoms with E-state index in [1.165, 1.54) is 17.0 Å². The summed E-state index contributed by atoms with van der Waals surface area (Å²) >= 11 is 0. The first-order valence-electron chi connectivity index (χ1n) is 9.60. The predicted octanol–water partition coefficient (Wildman–Crippen LogP) is 2.31. The van der Waals surface area contributed by atoms with Gasteiger partial charge in [0.25, 0.3) is 0 Å². The van der Waals surface area contributed by atoms with Crippen LogP contribution < -0.4 is 10.6 Å². The molecule has 1 aliphatic rings. The zero-order valence-electron chi connectivity index (χ0n) is 16.6. The monoisotopic (exact) mass is 443 g/mol. The first kappa shape index (κ1) is 19.9. The first-order chi connectivity index (χ1) is 15.2. The van der Waals surface area contributed by atoms with E-state index in [1.54, 1.807) is 19.2 Å². The molecule has 0 aromatic carbocycles. The summed E-state index contributed by atoms with van der Waals surface area (Å²) < 4.78 is 40.9. The Morgan fingerprint density at radius 3 is 2.78 bits per heavy atom. The van der Waals surface area contributed by atoms with Crippen molar-refractivity contribution in [1.29, 1.82) is 0 Å². The molecule has 0 bridgehead atoms. The molecule has 5 rings (SSSR count). The van der Waals surface area contributed by atoms with Gasteiger partial charge in [0, 0.05) is 36.4 Å². The van der Waals surface area contributed by atoms with Gasteiger partial charge in [-0.05, 0) is 13.0 Å². The molecule has 4 aromatic rings. The number of rotatable bonds is 3. The molecule has 4 aromatic heterocycles. The number of amides is 1. The van der Waals surface area contributed by atoms with E-state index >= 15 is 0 Å². The topological polar surface area (TPSA) is 132 Å². The zero-order valence-corrected chi connectivity index (χ0v) is 16.6. The fourth-order valence-corrected chi connectivity index (χ4v) is 3.91. The molecule has 1 aliphatic heterocycles. The minimum atomic E-state index is -4.47. The number of nitrogens with one attached hydrogen (secondary N) is 1. The van der Waals surface area contributed by atoms with Crippen molar-refractivity contribution >= 4 is 22.8 Å². The highest BCUT2D eigenvalue weighted by molar-refractivity contribution is 5.99. The number of halogens is 3. The summed E-state index contributed by atoms with van der Waals surface area (Å²) in [6.45, 7) is 2.15. The van der Waals surface area contributed by atoms with Crippen LogP contribution in [0, 0.1) is 0 Å². The van der Waals surface area contributed by atoms with Crippen molar-refractivity contribution < 1.29 is 18.0 Å². The second-order valence-electron chi connectivity index (χ2n) is 7.35. The zero-order chi connectivity index (χ0) is 22.6. The van der Waals surface area contributed by atoms with Gasteiger partial charge in [-0.3, -0.25) is 4.79 Å². The number of H-pyrrole nitrogens is 1. The van der Waals surface area contributed by atoms with Crippen LogP contribution in [0.2, 0.25) is 0 Å². The van der Waals surface area contributed by atoms with Crippen molar-refractivity contribution in [3.8, 4) is 11.4 Å². The van der Waals surface area contributed by atoms with E-state index in [1.807, 2.05) is 4.90 Å². The molecular formula is C19H16F3N9O. The van der Waals surface area contributed by atoms with Crippen molar-refractivity contribution in [2.75, 3.05) is 11.4 Å². The van der Waals surface area contributed by atoms with E-state index < -0.39 is 23.8 Å². The van der Waals surface area contributed by atoms with Crippen LogP contribution in [0.15, 0.2) is 30.9 Å². The van der Waals surface area contributed by atoms with Crippen LogP contribution in [0.1, 0.15) is 34.8 Å². The van der Waals surface area contributed by atoms with E-state index in [-0.39, 0.29) is 24.5 Å². The number of primary amides is 1. The van der Waals surface area contributed by atoms with Gasteiger partial charge in [-0.1, -0.05) is 0 Å². The van der Waals surface area contributed by atoms with Gasteiger partial charge in [0.1, 0.15) is 17.2 Å². The van der Waals surface area contributed by atoms with Gasteiger partial charge < -0.3 is 20.2 Å². The van der Waals surface area contributed by atoms with Crippen molar-refractivity contribution in [2.24, 2.45) is 5.73 Å². The lowest BCUT2D eigenvalue weighted by atomic mass is 10.1. The second kappa shape index (κ2) is 7.00. The summed E-state index contributed by atoms with van der Waals surface area (Å²) in [5.74, 6) is 0.397. The fraction of sp³-hybridized carbons (Fsp3) is 0.263. The van der Waals surface area contributed by atoms with Gasteiger partial charge in [-0.2, -0.15) is 18.3 Å². The molecule has 1 amide bonds. The summed E-state index contributed by atoms with van der Waals surface area (Å²) in [5, 5.41) is 8.71. The molecule has 0 fully saturated rings. The number of pyridine rings is 1. The summed E-state index contributed by atoms with van der Waals surface area (Å²) in [6.07, 6.45) is 0.849. The lowest BCUT2D eigenvalue weighted by Gasteiger charge is -2.35. The molecule has 0 aliphatic carbocycles. The smallest absolute Gasteiger partial charge is 0.366 e. The number of fused-ring (bicyclic) bond motifs is 2. The quantitative estimate of drug-likeness (QED) is 0.497. The number of aromatic nitrogens is 7. The van der Waals surface area contributed by atoms with E-state index in [2.05, 4.69) is 30.1 Å². The number of alkyl halides is 3. The molecule has 13 heteroatoms. The van der Waals surface area contributed by atoms with Gasteiger partial charge in [0.2, 0.25) is 5.91 Å². The SMILES string of the molecule is CC1c2ncc(C(F)(F)F)n2CCN1c1cnnc(-c2c[nH]c3ncc(C(N)=O)cc23)n1. The highest BCUT2D eigenvalue weighted by Gasteiger charge is 2.39. The first-order valence-corrected chi connectivity index (χ1v) is 9.60. The molecule has 5 heterocycles. The van der Waals surface area contributed by atoms with Gasteiger partial charge in [0.05, 0.1) is 24.0 Å². The number of aromatic amines is 1. The Bertz CT molecular complexity index is 1340. The number of carbonyl (C=O) groups excluding carboxylic acids is 1. The van der Waals surface area contributed by atoms with Gasteiger partial charge in [0.15, 0.2) is 11.6 Å². The fourth-order valence-electron chi connectivity index (χ4n) is 3.91. The average Bonchev–Trinajstić information content (AvgIpc) is 3.38. The molecule has 0 spiro atoms. The predicted molar refractivity (Wildman–Crippen MR) is 106 cm³/mol. The van der Waals surface area contributed by atoms with Crippen LogP contribution in [0.3, 0.4) is 0 Å². The standard InChI is InChI=1S/C19H16F3N9O/c1-9-18-26-7-13(19(20,21)22)31(18)3-2-30(9)14-8-27-29-17(28-14)12-6-25-16-11(12)4-10(5-24-16)15(23)32/h4-9H,2-3H2,1H3,(H2,23,32)(H,24,25). The molecule has 10 nitrogen and oxygen atoms in total. The Hall–Kier alpha value is -4.03. The molecule has 1 atom stereocenters. The van der Waals surface area contributed by atoms with Crippen LogP contribution in [-0.2, 0) is 12.7 Å². The average molecular weight is 443 g/mol. The Morgan fingerprint density at radius 2 is 2.03 bits per heavy atom. The minimum absolute atomic E-state index is 0.104. The Morgan fingerprint density at radius 1 is 1.22 bits per heavy atom. The van der Waals surface area contributed by atoms with E-state index in [9.17, 15) is 18.0 Å². The summed E-state index contributed by atoms with van der Waals surface area (Å²) in [5.41, 5.74) is 5.90. The Balaban J connectivity index is 1.52. The third-order valence-corrected chi connectivity index (χ3v) is 5.48. The number of hydrogen-bond donors (Lipinski definition) is 2. The molecule has 0 saturated carbocycles. The van der Waals surface area contributed by atoms with Crippen LogP contribution in [-0.4, -0.2) is 47.2 Å². The van der Waals surface area contributed by atoms with E-state index in [0.717, 1.165) is 6.20 Å². The van der Waals surface area contributed by atoms with Gasteiger partial charge >= 0.3 is 6.18 Å². The molecule has 32 heavy (non-hydrogen) atoms. The largest absolute Gasteiger partial charge is 0.433 e. The van der Waals surface area contributed by atoms with Crippen LogP contribution in [0.5, 0.6) is 0 Å². The second-order valence-corrected chi connectivity index (χ2v) is 7.35. The molecule has 3 N–H and O–H groups in total. The third-order valence-electron chi connectivity index (χ3n) is 5.48. The van der Waals surface area contributed by atoms with Crippen LogP contribution in [0.4, 0.5) is 19.0 Å². The van der Waals surface area contributed by atoms with Crippen molar-refractivity contribution in [2.45, 2.75) is 25.7 Å². The number of imidazole rings is 1. The lowest BCUT2D eigenvalue weighted by Crippen LogP contribution is -2.38. The van der Waals surface area contributed by atoms with E-state index in [4.69, 9.17) is 5.73 Å². The normalized spacial score (nSPS) is 16.4. The maximum absolute atomic E-state index is 13.2. The Kier molecular flexibility index (Phi) is 4.36. The summed E-state index contributed by atoms with van der Waals surface area (Å²) in [7, 11) is 0. The van der Waals surface area contributed by atoms with Crippen molar-refractivity contribution in [1.82, 2.24) is 34.7 Å². The molecule has 0 saturated heterocycles. The van der Waals surface area contributed by atoms with Gasteiger partial charge in [-0.15, -0.1) is 5.10 Å². The number of nitrogens with zero attached hydrogens (tertiary/aromatic N) is 7. The van der Waals surface area contributed by atoms with Crippen molar-refractivity contribution in [3.05, 3.63) is 47.9 Å². The highest BCUT2D eigenvalue weighted by Crippen LogP contribution is 2.36.